The van der Waals surface area contributed by atoms with Gasteiger partial charge in [0.15, 0.2) is 0 Å². The van der Waals surface area contributed by atoms with Crippen molar-refractivity contribution < 1.29 is 4.74 Å². The summed E-state index contributed by atoms with van der Waals surface area (Å²) in [6.07, 6.45) is 0. The van der Waals surface area contributed by atoms with Gasteiger partial charge in [-0.15, -0.1) is 0 Å². The van der Waals surface area contributed by atoms with Crippen molar-refractivity contribution in [2.45, 2.75) is 13.5 Å². The first-order valence-corrected chi connectivity index (χ1v) is 7.49. The molecule has 0 unspecified atom stereocenters. The van der Waals surface area contributed by atoms with Crippen LogP contribution >= 0.6 is 15.9 Å². The SMILES string of the molecule is Cc1cc(Br)ccc1Oc1cc(CN)nc2ccccc12. The third-order valence-corrected chi connectivity index (χ3v) is 3.79. The molecule has 0 fully saturated rings. The van der Waals surface area contributed by atoms with Crippen LogP contribution in [0.2, 0.25) is 0 Å². The number of nitrogens with zero attached hydrogens (tertiary/aromatic N) is 1. The second kappa shape index (κ2) is 5.84. The Kier molecular flexibility index (Phi) is 3.90. The van der Waals surface area contributed by atoms with E-state index >= 15 is 0 Å². The van der Waals surface area contributed by atoms with Gasteiger partial charge in [0, 0.05) is 22.5 Å². The maximum Gasteiger partial charge on any atom is 0.138 e. The molecule has 1 heterocycles. The predicted molar refractivity (Wildman–Crippen MR) is 88.6 cm³/mol. The molecule has 2 N–H and O–H groups in total. The normalized spacial score (nSPS) is 10.8. The molecule has 0 aliphatic carbocycles. The molecular weight excluding hydrogens is 328 g/mol. The Morgan fingerprint density at radius 2 is 1.90 bits per heavy atom. The second-order valence-corrected chi connectivity index (χ2v) is 5.76. The summed E-state index contributed by atoms with van der Waals surface area (Å²) in [5.74, 6) is 1.61. The molecule has 0 saturated carbocycles. The average Bonchev–Trinajstić information content (AvgIpc) is 2.49. The maximum atomic E-state index is 6.10. The lowest BCUT2D eigenvalue weighted by molar-refractivity contribution is 0.483. The summed E-state index contributed by atoms with van der Waals surface area (Å²) in [6.45, 7) is 2.41. The monoisotopic (exact) mass is 342 g/mol. The smallest absolute Gasteiger partial charge is 0.138 e. The van der Waals surface area contributed by atoms with Gasteiger partial charge in [-0.1, -0.05) is 28.1 Å². The Balaban J connectivity index is 2.10. The number of halogens is 1. The molecule has 2 aromatic carbocycles. The number of para-hydroxylation sites is 1. The van der Waals surface area contributed by atoms with Gasteiger partial charge in [-0.3, -0.25) is 4.98 Å². The van der Waals surface area contributed by atoms with Crippen molar-refractivity contribution in [2.75, 3.05) is 0 Å². The largest absolute Gasteiger partial charge is 0.456 e. The van der Waals surface area contributed by atoms with Crippen molar-refractivity contribution in [1.29, 1.82) is 0 Å². The highest BCUT2D eigenvalue weighted by molar-refractivity contribution is 9.10. The van der Waals surface area contributed by atoms with E-state index in [9.17, 15) is 0 Å². The van der Waals surface area contributed by atoms with Gasteiger partial charge in [0.05, 0.1) is 11.2 Å². The van der Waals surface area contributed by atoms with Crippen LogP contribution in [0.4, 0.5) is 0 Å². The van der Waals surface area contributed by atoms with E-state index in [-0.39, 0.29) is 0 Å². The number of ether oxygens (including phenoxy) is 1. The van der Waals surface area contributed by atoms with Crippen molar-refractivity contribution in [3.63, 3.8) is 0 Å². The molecule has 3 aromatic rings. The fourth-order valence-corrected chi connectivity index (χ4v) is 2.71. The van der Waals surface area contributed by atoms with Crippen LogP contribution in [-0.4, -0.2) is 4.98 Å². The van der Waals surface area contributed by atoms with Gasteiger partial charge in [-0.2, -0.15) is 0 Å². The fourth-order valence-electron chi connectivity index (χ4n) is 2.23. The second-order valence-electron chi connectivity index (χ2n) is 4.84. The Hall–Kier alpha value is -1.91. The van der Waals surface area contributed by atoms with Crippen molar-refractivity contribution in [3.05, 3.63) is 64.3 Å². The highest BCUT2D eigenvalue weighted by Gasteiger charge is 2.09. The summed E-state index contributed by atoms with van der Waals surface area (Å²) in [7, 11) is 0. The van der Waals surface area contributed by atoms with E-state index in [2.05, 4.69) is 20.9 Å². The van der Waals surface area contributed by atoms with Crippen LogP contribution in [0.25, 0.3) is 10.9 Å². The minimum atomic E-state index is 0.389. The van der Waals surface area contributed by atoms with Crippen LogP contribution in [0.1, 0.15) is 11.3 Å². The lowest BCUT2D eigenvalue weighted by Crippen LogP contribution is -2.01. The number of hydrogen-bond donors (Lipinski definition) is 1. The van der Waals surface area contributed by atoms with Gasteiger partial charge in [0.25, 0.3) is 0 Å². The van der Waals surface area contributed by atoms with E-state index in [0.29, 0.717) is 6.54 Å². The first-order chi connectivity index (χ1) is 10.2. The Bertz CT molecular complexity index is 802. The van der Waals surface area contributed by atoms with Gasteiger partial charge in [0.2, 0.25) is 0 Å². The van der Waals surface area contributed by atoms with E-state index in [1.54, 1.807) is 0 Å². The zero-order chi connectivity index (χ0) is 14.8. The van der Waals surface area contributed by atoms with Crippen LogP contribution in [0.5, 0.6) is 11.5 Å². The lowest BCUT2D eigenvalue weighted by Gasteiger charge is -2.12. The third kappa shape index (κ3) is 2.91. The molecule has 21 heavy (non-hydrogen) atoms. The van der Waals surface area contributed by atoms with Gasteiger partial charge in [-0.25, -0.2) is 0 Å². The first-order valence-electron chi connectivity index (χ1n) is 6.70. The van der Waals surface area contributed by atoms with E-state index in [1.807, 2.05) is 55.5 Å². The highest BCUT2D eigenvalue weighted by atomic mass is 79.9. The van der Waals surface area contributed by atoms with Crippen LogP contribution < -0.4 is 10.5 Å². The third-order valence-electron chi connectivity index (χ3n) is 3.30. The molecular formula is C17H15BrN2O. The van der Waals surface area contributed by atoms with E-state index < -0.39 is 0 Å². The summed E-state index contributed by atoms with van der Waals surface area (Å²) in [6, 6.07) is 15.8. The van der Waals surface area contributed by atoms with Crippen LogP contribution in [0.3, 0.4) is 0 Å². The number of aryl methyl sites for hydroxylation is 1. The van der Waals surface area contributed by atoms with Crippen molar-refractivity contribution >= 4 is 26.8 Å². The topological polar surface area (TPSA) is 48.1 Å². The van der Waals surface area contributed by atoms with Gasteiger partial charge < -0.3 is 10.5 Å². The van der Waals surface area contributed by atoms with Crippen molar-refractivity contribution in [2.24, 2.45) is 5.73 Å². The number of rotatable bonds is 3. The Morgan fingerprint density at radius 3 is 2.67 bits per heavy atom. The van der Waals surface area contributed by atoms with E-state index in [1.165, 1.54) is 0 Å². The highest BCUT2D eigenvalue weighted by Crippen LogP contribution is 2.32. The summed E-state index contributed by atoms with van der Waals surface area (Å²) in [5.41, 5.74) is 8.51. The molecule has 3 rings (SSSR count). The Morgan fingerprint density at radius 1 is 1.10 bits per heavy atom. The van der Waals surface area contributed by atoms with Crippen LogP contribution in [-0.2, 0) is 6.54 Å². The van der Waals surface area contributed by atoms with E-state index in [4.69, 9.17) is 10.5 Å². The minimum absolute atomic E-state index is 0.389. The lowest BCUT2D eigenvalue weighted by atomic mass is 10.1. The Labute approximate surface area is 131 Å². The standard InChI is InChI=1S/C17H15BrN2O/c1-11-8-12(18)6-7-16(11)21-17-9-13(10-19)20-15-5-3-2-4-14(15)17/h2-9H,10,19H2,1H3. The minimum Gasteiger partial charge on any atom is -0.456 e. The molecule has 0 amide bonds. The number of pyridine rings is 1. The number of nitrogens with two attached hydrogens (primary N) is 1. The molecule has 0 radical (unpaired) electrons. The van der Waals surface area contributed by atoms with E-state index in [0.717, 1.165) is 38.1 Å². The van der Waals surface area contributed by atoms with Gasteiger partial charge in [-0.05, 0) is 42.8 Å². The summed E-state index contributed by atoms with van der Waals surface area (Å²) < 4.78 is 7.14. The molecule has 0 saturated heterocycles. The average molecular weight is 343 g/mol. The van der Waals surface area contributed by atoms with Crippen molar-refractivity contribution in [3.8, 4) is 11.5 Å². The van der Waals surface area contributed by atoms with Crippen LogP contribution in [0.15, 0.2) is 53.0 Å². The zero-order valence-electron chi connectivity index (χ0n) is 11.6. The number of fused-ring (bicyclic) bond motifs is 1. The molecule has 0 bridgehead atoms. The molecule has 1 aromatic heterocycles. The zero-order valence-corrected chi connectivity index (χ0v) is 13.2. The molecule has 0 aliphatic heterocycles. The summed E-state index contributed by atoms with van der Waals surface area (Å²) in [4.78, 5) is 4.52. The summed E-state index contributed by atoms with van der Waals surface area (Å²) in [5, 5.41) is 0.983. The molecule has 0 aliphatic rings. The summed E-state index contributed by atoms with van der Waals surface area (Å²) >= 11 is 3.46. The fraction of sp³-hybridized carbons (Fsp3) is 0.118. The predicted octanol–water partition coefficient (Wildman–Crippen LogP) is 4.56. The quantitative estimate of drug-likeness (QED) is 0.759. The number of hydrogen-bond acceptors (Lipinski definition) is 3. The first kappa shape index (κ1) is 14.0. The van der Waals surface area contributed by atoms with Crippen LogP contribution in [0, 0.1) is 6.92 Å². The molecule has 0 atom stereocenters. The number of benzene rings is 2. The van der Waals surface area contributed by atoms with Crippen molar-refractivity contribution in [1.82, 2.24) is 4.98 Å². The van der Waals surface area contributed by atoms with Gasteiger partial charge in [0.1, 0.15) is 11.5 Å². The molecule has 106 valence electrons. The molecule has 4 heteroatoms. The molecule has 3 nitrogen and oxygen atoms in total. The van der Waals surface area contributed by atoms with Gasteiger partial charge >= 0.3 is 0 Å². The maximum absolute atomic E-state index is 6.10. The number of aromatic nitrogens is 1. The molecule has 0 spiro atoms.